The molecule has 3 aliphatic rings. The van der Waals surface area contributed by atoms with Gasteiger partial charge in [-0.15, -0.1) is 0 Å². The van der Waals surface area contributed by atoms with Gasteiger partial charge in [-0.3, -0.25) is 0 Å². The first-order chi connectivity index (χ1) is 12.8. The molecule has 0 aliphatic carbocycles. The minimum Gasteiger partial charge on any atom is -0.366 e. The zero-order valence-electron chi connectivity index (χ0n) is 14.9. The number of carbonyl (C=O) groups excluding carboxylic acids is 1. The number of carbonyl (C=O) groups is 1. The second kappa shape index (κ2) is 6.88. The van der Waals surface area contributed by atoms with E-state index in [1.807, 2.05) is 0 Å². The monoisotopic (exact) mass is 395 g/mol. The smallest absolute Gasteiger partial charge is 0.317 e. The van der Waals surface area contributed by atoms with Crippen LogP contribution in [0, 0.1) is 24.6 Å². The lowest BCUT2D eigenvalue weighted by molar-refractivity contribution is 0.0883. The van der Waals surface area contributed by atoms with Crippen LogP contribution in [0.25, 0.3) is 0 Å². The van der Waals surface area contributed by atoms with Gasteiger partial charge in [-0.25, -0.2) is 22.3 Å². The van der Waals surface area contributed by atoms with Crippen molar-refractivity contribution < 1.29 is 22.3 Å². The van der Waals surface area contributed by atoms with Crippen LogP contribution in [0.2, 0.25) is 0 Å². The average molecular weight is 395 g/mol. The van der Waals surface area contributed by atoms with Gasteiger partial charge in [0.15, 0.2) is 0 Å². The number of hydrogen-bond acceptors (Lipinski definition) is 4. The van der Waals surface area contributed by atoms with Gasteiger partial charge in [0.25, 0.3) is 0 Å². The molecule has 0 aromatic heterocycles. The number of nitrogens with zero attached hydrogens (tertiary/aromatic N) is 1. The van der Waals surface area contributed by atoms with E-state index in [2.05, 4.69) is 22.2 Å². The first-order valence-corrected chi connectivity index (χ1v) is 10.5. The Kier molecular flexibility index (Phi) is 4.69. The van der Waals surface area contributed by atoms with E-state index in [-0.39, 0.29) is 36.2 Å². The second-order valence-corrected chi connectivity index (χ2v) is 8.98. The standard InChI is InChI=1S/C18H22FN3O4S/c1-11-2-3-14(19)17(8-11)27(24,25)21-7-6-20-18(23)22-9-12-13(10-22)16-5-4-15(12)26-16/h2-5,8,12-13,15-16,21H,6-7,9-10H2,1H3,(H,20,23). The molecule has 2 saturated heterocycles. The van der Waals surface area contributed by atoms with Gasteiger partial charge < -0.3 is 15.0 Å². The Labute approximate surface area is 157 Å². The number of aryl methyl sites for hydroxylation is 1. The molecular formula is C18H22FN3O4S. The van der Waals surface area contributed by atoms with Gasteiger partial charge >= 0.3 is 6.03 Å². The molecule has 1 aromatic carbocycles. The number of sulfonamides is 1. The highest BCUT2D eigenvalue weighted by molar-refractivity contribution is 7.89. The van der Waals surface area contributed by atoms with Crippen molar-refractivity contribution in [2.24, 2.45) is 11.8 Å². The first-order valence-electron chi connectivity index (χ1n) is 8.97. The molecule has 4 rings (SSSR count). The van der Waals surface area contributed by atoms with Crippen LogP contribution < -0.4 is 10.0 Å². The van der Waals surface area contributed by atoms with Crippen LogP contribution in [0.3, 0.4) is 0 Å². The minimum absolute atomic E-state index is 0.0158. The number of urea groups is 1. The summed E-state index contributed by atoms with van der Waals surface area (Å²) in [5, 5.41) is 2.72. The number of hydrogen-bond donors (Lipinski definition) is 2. The molecular weight excluding hydrogens is 373 g/mol. The molecule has 2 fully saturated rings. The summed E-state index contributed by atoms with van der Waals surface area (Å²) in [5.74, 6) is -0.117. The Morgan fingerprint density at radius 3 is 2.56 bits per heavy atom. The number of rotatable bonds is 5. The molecule has 1 aromatic rings. The lowest BCUT2D eigenvalue weighted by atomic mass is 9.86. The summed E-state index contributed by atoms with van der Waals surface area (Å²) in [6.45, 7) is 3.08. The third-order valence-electron chi connectivity index (χ3n) is 5.42. The van der Waals surface area contributed by atoms with E-state index in [9.17, 15) is 17.6 Å². The van der Waals surface area contributed by atoms with Gasteiger partial charge in [0.1, 0.15) is 10.7 Å². The highest BCUT2D eigenvalue weighted by Crippen LogP contribution is 2.43. The topological polar surface area (TPSA) is 87.7 Å². The molecule has 0 radical (unpaired) electrons. The van der Waals surface area contributed by atoms with Crippen LogP contribution in [0.5, 0.6) is 0 Å². The largest absolute Gasteiger partial charge is 0.366 e. The van der Waals surface area contributed by atoms with Gasteiger partial charge in [0.2, 0.25) is 10.0 Å². The maximum absolute atomic E-state index is 13.8. The van der Waals surface area contributed by atoms with Gasteiger partial charge in [0.05, 0.1) is 12.2 Å². The summed E-state index contributed by atoms with van der Waals surface area (Å²) in [6.07, 6.45) is 4.33. The Bertz CT molecular complexity index is 869. The van der Waals surface area contributed by atoms with Crippen LogP contribution in [0.15, 0.2) is 35.2 Å². The second-order valence-electron chi connectivity index (χ2n) is 7.25. The predicted octanol–water partition coefficient (Wildman–Crippen LogP) is 1.01. The number of likely N-dealkylation sites (tertiary alicyclic amines) is 1. The summed E-state index contributed by atoms with van der Waals surface area (Å²) in [6, 6.07) is 3.70. The lowest BCUT2D eigenvalue weighted by Gasteiger charge is -2.19. The Hall–Kier alpha value is -1.97. The highest BCUT2D eigenvalue weighted by Gasteiger charge is 2.51. The van der Waals surface area contributed by atoms with Crippen molar-refractivity contribution in [3.8, 4) is 0 Å². The minimum atomic E-state index is -3.96. The Balaban J connectivity index is 1.26. The van der Waals surface area contributed by atoms with Crippen LogP contribution in [0.1, 0.15) is 5.56 Å². The van der Waals surface area contributed by atoms with Crippen molar-refractivity contribution in [2.45, 2.75) is 24.0 Å². The molecule has 4 unspecified atom stereocenters. The maximum atomic E-state index is 13.8. The molecule has 4 atom stereocenters. The molecule has 0 saturated carbocycles. The van der Waals surface area contributed by atoms with Crippen LogP contribution in [0.4, 0.5) is 9.18 Å². The van der Waals surface area contributed by atoms with Gasteiger partial charge in [-0.2, -0.15) is 0 Å². The molecule has 2 N–H and O–H groups in total. The third kappa shape index (κ3) is 3.46. The zero-order chi connectivity index (χ0) is 19.2. The summed E-state index contributed by atoms with van der Waals surface area (Å²) in [5.41, 5.74) is 0.650. The molecule has 2 amide bonds. The van der Waals surface area contributed by atoms with Gasteiger partial charge in [-0.1, -0.05) is 18.2 Å². The molecule has 0 spiro atoms. The zero-order valence-corrected chi connectivity index (χ0v) is 15.7. The quantitative estimate of drug-likeness (QED) is 0.575. The van der Waals surface area contributed by atoms with E-state index in [0.29, 0.717) is 30.5 Å². The van der Waals surface area contributed by atoms with Crippen molar-refractivity contribution in [1.29, 1.82) is 0 Å². The van der Waals surface area contributed by atoms with Crippen molar-refractivity contribution in [1.82, 2.24) is 14.9 Å². The summed E-state index contributed by atoms with van der Waals surface area (Å²) >= 11 is 0. The SMILES string of the molecule is Cc1ccc(F)c(S(=O)(=O)NCCNC(=O)N2CC3C4C=CC(O4)C3C2)c1. The Morgan fingerprint density at radius 2 is 1.89 bits per heavy atom. The van der Waals surface area contributed by atoms with Crippen molar-refractivity contribution in [2.75, 3.05) is 26.2 Å². The van der Waals surface area contributed by atoms with E-state index >= 15 is 0 Å². The van der Waals surface area contributed by atoms with Gasteiger partial charge in [0, 0.05) is 38.0 Å². The number of ether oxygens (including phenoxy) is 1. The van der Waals surface area contributed by atoms with E-state index in [1.54, 1.807) is 11.8 Å². The van der Waals surface area contributed by atoms with Crippen LogP contribution in [-0.4, -0.2) is 57.7 Å². The lowest BCUT2D eigenvalue weighted by Crippen LogP contribution is -2.43. The Morgan fingerprint density at radius 1 is 1.22 bits per heavy atom. The van der Waals surface area contributed by atoms with E-state index in [0.717, 1.165) is 6.07 Å². The molecule has 3 heterocycles. The average Bonchev–Trinajstić information content (AvgIpc) is 3.33. The maximum Gasteiger partial charge on any atom is 0.317 e. The van der Waals surface area contributed by atoms with Gasteiger partial charge in [-0.05, 0) is 24.6 Å². The van der Waals surface area contributed by atoms with Crippen molar-refractivity contribution in [3.05, 3.63) is 41.7 Å². The van der Waals surface area contributed by atoms with E-state index in [4.69, 9.17) is 4.74 Å². The normalized spacial score (nSPS) is 28.6. The predicted molar refractivity (Wildman–Crippen MR) is 96.1 cm³/mol. The highest BCUT2D eigenvalue weighted by atomic mass is 32.2. The van der Waals surface area contributed by atoms with Crippen molar-refractivity contribution in [3.63, 3.8) is 0 Å². The third-order valence-corrected chi connectivity index (χ3v) is 6.89. The fourth-order valence-electron chi connectivity index (χ4n) is 4.05. The molecule has 3 aliphatic heterocycles. The van der Waals surface area contributed by atoms with E-state index < -0.39 is 15.8 Å². The van der Waals surface area contributed by atoms with E-state index in [1.165, 1.54) is 12.1 Å². The summed E-state index contributed by atoms with van der Waals surface area (Å²) in [4.78, 5) is 13.7. The number of benzene rings is 1. The fraction of sp³-hybridized carbons (Fsp3) is 0.500. The van der Waals surface area contributed by atoms with Crippen LogP contribution >= 0.6 is 0 Å². The first kappa shape index (κ1) is 18.4. The number of nitrogens with one attached hydrogen (secondary N) is 2. The summed E-state index contributed by atoms with van der Waals surface area (Å²) < 4.78 is 46.3. The van der Waals surface area contributed by atoms with Crippen LogP contribution in [-0.2, 0) is 14.8 Å². The number of halogens is 1. The molecule has 27 heavy (non-hydrogen) atoms. The molecule has 146 valence electrons. The van der Waals surface area contributed by atoms with Crippen molar-refractivity contribution >= 4 is 16.1 Å². The fourth-order valence-corrected chi connectivity index (χ4v) is 5.25. The molecule has 7 nitrogen and oxygen atoms in total. The molecule has 9 heteroatoms. The number of amides is 2. The summed E-state index contributed by atoms with van der Waals surface area (Å²) in [7, 11) is -3.96. The number of fused-ring (bicyclic) bond motifs is 5. The molecule has 2 bridgehead atoms.